The second-order valence-corrected chi connectivity index (χ2v) is 9.45. The van der Waals surface area contributed by atoms with Gasteiger partial charge in [0.1, 0.15) is 9.97 Å². The fourth-order valence-electron chi connectivity index (χ4n) is 2.38. The molecule has 0 amide bonds. The SMILES string of the molecule is O=S(=O)(c1ccc(Cl)s1)N1CCN(C(=S)NCc2ccco2)CC1. The highest BCUT2D eigenvalue weighted by Gasteiger charge is 2.30. The molecule has 3 heterocycles. The van der Waals surface area contributed by atoms with E-state index in [0.29, 0.717) is 42.2 Å². The molecule has 0 aliphatic carbocycles. The maximum Gasteiger partial charge on any atom is 0.252 e. The van der Waals surface area contributed by atoms with Crippen LogP contribution in [0.5, 0.6) is 0 Å². The largest absolute Gasteiger partial charge is 0.467 e. The molecule has 0 saturated carbocycles. The zero-order valence-corrected chi connectivity index (χ0v) is 15.8. The van der Waals surface area contributed by atoms with Gasteiger partial charge in [-0.05, 0) is 36.5 Å². The van der Waals surface area contributed by atoms with E-state index in [1.165, 1.54) is 4.31 Å². The molecule has 3 rings (SSSR count). The lowest BCUT2D eigenvalue weighted by molar-refractivity contribution is 0.264. The van der Waals surface area contributed by atoms with Crippen molar-refractivity contribution >= 4 is 50.3 Å². The monoisotopic (exact) mass is 405 g/mol. The van der Waals surface area contributed by atoms with Gasteiger partial charge in [0.05, 0.1) is 17.1 Å². The van der Waals surface area contributed by atoms with Crippen molar-refractivity contribution in [1.82, 2.24) is 14.5 Å². The van der Waals surface area contributed by atoms with Crippen LogP contribution in [0.3, 0.4) is 0 Å². The Hall–Kier alpha value is -1.13. The first kappa shape index (κ1) is 17.7. The van der Waals surface area contributed by atoms with Gasteiger partial charge in [-0.2, -0.15) is 4.31 Å². The topological polar surface area (TPSA) is 65.8 Å². The van der Waals surface area contributed by atoms with Crippen molar-refractivity contribution < 1.29 is 12.8 Å². The molecule has 1 N–H and O–H groups in total. The highest BCUT2D eigenvalue weighted by molar-refractivity contribution is 7.91. The number of thiocarbonyl (C=S) groups is 1. The van der Waals surface area contributed by atoms with E-state index in [0.717, 1.165) is 17.1 Å². The number of sulfonamides is 1. The molecule has 1 saturated heterocycles. The molecule has 10 heteroatoms. The summed E-state index contributed by atoms with van der Waals surface area (Å²) in [4.78, 5) is 1.96. The molecule has 6 nitrogen and oxygen atoms in total. The van der Waals surface area contributed by atoms with Crippen LogP contribution >= 0.6 is 35.2 Å². The zero-order valence-electron chi connectivity index (χ0n) is 12.6. The van der Waals surface area contributed by atoms with E-state index in [2.05, 4.69) is 5.32 Å². The molecule has 130 valence electrons. The van der Waals surface area contributed by atoms with Gasteiger partial charge >= 0.3 is 0 Å². The van der Waals surface area contributed by atoms with Gasteiger partial charge in [0.2, 0.25) is 0 Å². The van der Waals surface area contributed by atoms with Crippen LogP contribution < -0.4 is 5.32 Å². The van der Waals surface area contributed by atoms with E-state index in [-0.39, 0.29) is 4.21 Å². The summed E-state index contributed by atoms with van der Waals surface area (Å²) in [5.74, 6) is 0.799. The van der Waals surface area contributed by atoms with Crippen LogP contribution in [0.1, 0.15) is 5.76 Å². The quantitative estimate of drug-likeness (QED) is 0.788. The highest BCUT2D eigenvalue weighted by atomic mass is 35.5. The number of nitrogens with zero attached hydrogens (tertiary/aromatic N) is 2. The molecule has 0 unspecified atom stereocenters. The maximum atomic E-state index is 12.6. The van der Waals surface area contributed by atoms with Crippen LogP contribution in [-0.4, -0.2) is 48.9 Å². The summed E-state index contributed by atoms with van der Waals surface area (Å²) in [6.07, 6.45) is 1.61. The number of nitrogens with one attached hydrogen (secondary N) is 1. The first-order chi connectivity index (χ1) is 11.5. The fraction of sp³-hybridized carbons (Fsp3) is 0.357. The van der Waals surface area contributed by atoms with Crippen molar-refractivity contribution in [1.29, 1.82) is 0 Å². The van der Waals surface area contributed by atoms with E-state index >= 15 is 0 Å². The minimum Gasteiger partial charge on any atom is -0.467 e. The van der Waals surface area contributed by atoms with E-state index in [1.54, 1.807) is 18.4 Å². The molecule has 2 aromatic rings. The molecular weight excluding hydrogens is 390 g/mol. The Morgan fingerprint density at radius 3 is 2.62 bits per heavy atom. The van der Waals surface area contributed by atoms with Crippen molar-refractivity contribution in [3.8, 4) is 0 Å². The molecule has 1 fully saturated rings. The van der Waals surface area contributed by atoms with Gasteiger partial charge in [0.25, 0.3) is 10.0 Å². The Bertz CT molecular complexity index is 796. The molecule has 24 heavy (non-hydrogen) atoms. The van der Waals surface area contributed by atoms with Gasteiger partial charge in [-0.3, -0.25) is 0 Å². The van der Waals surface area contributed by atoms with Gasteiger partial charge < -0.3 is 14.6 Å². The standard InChI is InChI=1S/C14H16ClN3O3S3/c15-12-3-4-13(23-12)24(19,20)18-7-5-17(6-8-18)14(22)16-10-11-2-1-9-21-11/h1-4,9H,5-8,10H2,(H,16,22). The maximum absolute atomic E-state index is 12.6. The molecule has 1 aliphatic rings. The lowest BCUT2D eigenvalue weighted by Crippen LogP contribution is -2.52. The average Bonchev–Trinajstić information content (AvgIpc) is 3.24. The normalized spacial score (nSPS) is 16.3. The predicted octanol–water partition coefficient (Wildman–Crippen LogP) is 2.38. The van der Waals surface area contributed by atoms with Crippen LogP contribution in [-0.2, 0) is 16.6 Å². The van der Waals surface area contributed by atoms with Crippen molar-refractivity contribution in [3.63, 3.8) is 0 Å². The van der Waals surface area contributed by atoms with Gasteiger partial charge in [0, 0.05) is 26.2 Å². The molecule has 0 bridgehead atoms. The van der Waals surface area contributed by atoms with E-state index in [1.807, 2.05) is 17.0 Å². The molecule has 2 aromatic heterocycles. The first-order valence-electron chi connectivity index (χ1n) is 7.27. The number of halogens is 1. The van der Waals surface area contributed by atoms with Crippen LogP contribution in [0.25, 0.3) is 0 Å². The first-order valence-corrected chi connectivity index (χ1v) is 10.3. The zero-order chi connectivity index (χ0) is 17.2. The van der Waals surface area contributed by atoms with Gasteiger partial charge in [-0.15, -0.1) is 11.3 Å². The number of thiophene rings is 1. The van der Waals surface area contributed by atoms with E-state index in [4.69, 9.17) is 28.2 Å². The van der Waals surface area contributed by atoms with Gasteiger partial charge in [-0.1, -0.05) is 11.6 Å². The Morgan fingerprint density at radius 2 is 2.04 bits per heavy atom. The van der Waals surface area contributed by atoms with Crippen LogP contribution in [0, 0.1) is 0 Å². The Kier molecular flexibility index (Phi) is 5.46. The van der Waals surface area contributed by atoms with Gasteiger partial charge in [0.15, 0.2) is 5.11 Å². The second-order valence-electron chi connectivity index (χ2n) is 5.19. The van der Waals surface area contributed by atoms with Crippen molar-refractivity contribution in [2.45, 2.75) is 10.8 Å². The lowest BCUT2D eigenvalue weighted by Gasteiger charge is -2.35. The number of piperazine rings is 1. The van der Waals surface area contributed by atoms with Gasteiger partial charge in [-0.25, -0.2) is 8.42 Å². The summed E-state index contributed by atoms with van der Waals surface area (Å²) >= 11 is 12.3. The molecule has 0 spiro atoms. The average molecular weight is 406 g/mol. The fourth-order valence-corrected chi connectivity index (χ4v) is 5.70. The summed E-state index contributed by atoms with van der Waals surface area (Å²) in [6.45, 7) is 2.38. The van der Waals surface area contributed by atoms with Crippen LogP contribution in [0.15, 0.2) is 39.2 Å². The molecule has 0 aromatic carbocycles. The molecule has 0 radical (unpaired) electrons. The third-order valence-corrected chi connectivity index (χ3v) is 7.66. The van der Waals surface area contributed by atoms with Crippen LogP contribution in [0.2, 0.25) is 4.34 Å². The van der Waals surface area contributed by atoms with Crippen molar-refractivity contribution in [2.24, 2.45) is 0 Å². The van der Waals surface area contributed by atoms with Crippen molar-refractivity contribution in [2.75, 3.05) is 26.2 Å². The summed E-state index contributed by atoms with van der Waals surface area (Å²) in [5, 5.41) is 3.72. The predicted molar refractivity (Wildman–Crippen MR) is 97.8 cm³/mol. The van der Waals surface area contributed by atoms with E-state index in [9.17, 15) is 8.42 Å². The Balaban J connectivity index is 1.54. The summed E-state index contributed by atoms with van der Waals surface area (Å²) in [7, 11) is -3.48. The number of hydrogen-bond acceptors (Lipinski definition) is 5. The van der Waals surface area contributed by atoms with E-state index < -0.39 is 10.0 Å². The summed E-state index contributed by atoms with van der Waals surface area (Å²) in [5.41, 5.74) is 0. The Morgan fingerprint density at radius 1 is 1.29 bits per heavy atom. The van der Waals surface area contributed by atoms with Crippen LogP contribution in [0.4, 0.5) is 0 Å². The number of rotatable bonds is 4. The summed E-state index contributed by atoms with van der Waals surface area (Å²) < 4.78 is 32.6. The van der Waals surface area contributed by atoms with Crippen molar-refractivity contribution in [3.05, 3.63) is 40.6 Å². The lowest BCUT2D eigenvalue weighted by atomic mass is 10.4. The minimum atomic E-state index is -3.48. The molecule has 0 atom stereocenters. The molecular formula is C14H16ClN3O3S3. The number of hydrogen-bond donors (Lipinski definition) is 1. The third-order valence-electron chi connectivity index (χ3n) is 3.66. The third kappa shape index (κ3) is 3.92. The minimum absolute atomic E-state index is 0.277. The summed E-state index contributed by atoms with van der Waals surface area (Å²) in [6, 6.07) is 6.83. The smallest absolute Gasteiger partial charge is 0.252 e. The second kappa shape index (κ2) is 7.40. The number of furan rings is 1. The molecule has 1 aliphatic heterocycles. The highest BCUT2D eigenvalue weighted by Crippen LogP contribution is 2.28. The Labute approximate surface area is 155 Å².